The second kappa shape index (κ2) is 11.5. The van der Waals surface area contributed by atoms with E-state index in [2.05, 4.69) is 10.6 Å². The van der Waals surface area contributed by atoms with Gasteiger partial charge < -0.3 is 25.2 Å². The Morgan fingerprint density at radius 2 is 1.67 bits per heavy atom. The van der Waals surface area contributed by atoms with Crippen LogP contribution in [0.15, 0.2) is 41.8 Å². The summed E-state index contributed by atoms with van der Waals surface area (Å²) in [6.07, 6.45) is 0. The fraction of sp³-hybridized carbons (Fsp3) is 0.391. The molecule has 0 spiro atoms. The van der Waals surface area contributed by atoms with Crippen LogP contribution in [0.25, 0.3) is 0 Å². The average molecular weight is 473 g/mol. The zero-order chi connectivity index (χ0) is 23.8. The lowest BCUT2D eigenvalue weighted by Crippen LogP contribution is -2.51. The Morgan fingerprint density at radius 3 is 2.27 bits per heavy atom. The summed E-state index contributed by atoms with van der Waals surface area (Å²) in [4.78, 5) is 52.7. The lowest BCUT2D eigenvalue weighted by Gasteiger charge is -2.34. The molecule has 1 fully saturated rings. The predicted molar refractivity (Wildman–Crippen MR) is 124 cm³/mol. The first-order valence-electron chi connectivity index (χ1n) is 10.7. The van der Waals surface area contributed by atoms with Gasteiger partial charge in [-0.05, 0) is 43.0 Å². The molecule has 1 aliphatic rings. The summed E-state index contributed by atoms with van der Waals surface area (Å²) in [6.45, 7) is 5.42. The van der Waals surface area contributed by atoms with Crippen molar-refractivity contribution in [1.82, 2.24) is 20.4 Å². The molecule has 1 aromatic heterocycles. The number of carbonyl (C=O) groups excluding carboxylic acids is 4. The van der Waals surface area contributed by atoms with Crippen LogP contribution in [0, 0.1) is 0 Å². The van der Waals surface area contributed by atoms with Crippen LogP contribution in [-0.4, -0.2) is 72.4 Å². The minimum absolute atomic E-state index is 0.0253. The highest BCUT2D eigenvalue weighted by Crippen LogP contribution is 2.14. The largest absolute Gasteiger partial charge is 0.452 e. The van der Waals surface area contributed by atoms with Crippen molar-refractivity contribution in [3.8, 4) is 0 Å². The van der Waals surface area contributed by atoms with Crippen LogP contribution in [-0.2, 0) is 16.1 Å². The summed E-state index contributed by atoms with van der Waals surface area (Å²) in [5, 5.41) is 7.32. The molecule has 1 saturated heterocycles. The molecule has 0 radical (unpaired) electrons. The van der Waals surface area contributed by atoms with Gasteiger partial charge in [0.15, 0.2) is 6.61 Å². The predicted octanol–water partition coefficient (Wildman–Crippen LogP) is 2.10. The number of hydrogen-bond donors (Lipinski definition) is 2. The molecule has 33 heavy (non-hydrogen) atoms. The van der Waals surface area contributed by atoms with Gasteiger partial charge in [0.1, 0.15) is 0 Å². The van der Waals surface area contributed by atoms with E-state index in [0.717, 1.165) is 5.56 Å². The number of piperazine rings is 1. The third-order valence-electron chi connectivity index (χ3n) is 5.04. The van der Waals surface area contributed by atoms with Gasteiger partial charge in [0.05, 0.1) is 10.4 Å². The average Bonchev–Trinajstić information content (AvgIpc) is 3.35. The number of nitrogens with one attached hydrogen (secondary N) is 2. The van der Waals surface area contributed by atoms with Crippen LogP contribution >= 0.6 is 11.3 Å². The number of esters is 1. The zero-order valence-corrected chi connectivity index (χ0v) is 19.5. The molecule has 0 aliphatic carbocycles. The van der Waals surface area contributed by atoms with E-state index in [0.29, 0.717) is 43.2 Å². The van der Waals surface area contributed by atoms with Crippen molar-refractivity contribution in [3.63, 3.8) is 0 Å². The first kappa shape index (κ1) is 24.2. The maximum atomic E-state index is 12.4. The number of amides is 4. The standard InChI is InChI=1S/C23H28N4O5S/c1-16(2)25-23(31)24-14-17-5-7-18(8-6-17)22(30)32-15-20(28)26-9-11-27(12-10-26)21(29)19-4-3-13-33-19/h3-8,13,16H,9-12,14-15H2,1-2H3,(H2,24,25,31). The highest BCUT2D eigenvalue weighted by Gasteiger charge is 2.25. The molecule has 1 aliphatic heterocycles. The van der Waals surface area contributed by atoms with Gasteiger partial charge in [-0.15, -0.1) is 11.3 Å². The third-order valence-corrected chi connectivity index (χ3v) is 5.90. The topological polar surface area (TPSA) is 108 Å². The second-order valence-corrected chi connectivity index (χ2v) is 8.85. The van der Waals surface area contributed by atoms with E-state index >= 15 is 0 Å². The first-order chi connectivity index (χ1) is 15.8. The van der Waals surface area contributed by atoms with E-state index in [-0.39, 0.29) is 30.5 Å². The van der Waals surface area contributed by atoms with Crippen LogP contribution in [0.5, 0.6) is 0 Å². The Balaban J connectivity index is 1.40. The number of ether oxygens (including phenoxy) is 1. The van der Waals surface area contributed by atoms with E-state index in [4.69, 9.17) is 4.74 Å². The third kappa shape index (κ3) is 7.04. The van der Waals surface area contributed by atoms with Gasteiger partial charge in [-0.3, -0.25) is 9.59 Å². The van der Waals surface area contributed by atoms with Gasteiger partial charge in [0, 0.05) is 38.8 Å². The van der Waals surface area contributed by atoms with Crippen molar-refractivity contribution >= 4 is 35.2 Å². The Kier molecular flexibility index (Phi) is 8.42. The lowest BCUT2D eigenvalue weighted by atomic mass is 10.1. The number of thiophene rings is 1. The van der Waals surface area contributed by atoms with Crippen LogP contribution in [0.3, 0.4) is 0 Å². The van der Waals surface area contributed by atoms with Crippen LogP contribution in [0.2, 0.25) is 0 Å². The maximum absolute atomic E-state index is 12.4. The highest BCUT2D eigenvalue weighted by atomic mass is 32.1. The number of carbonyl (C=O) groups is 4. The number of urea groups is 1. The van der Waals surface area contributed by atoms with E-state index in [1.165, 1.54) is 11.3 Å². The summed E-state index contributed by atoms with van der Waals surface area (Å²) < 4.78 is 5.17. The quantitative estimate of drug-likeness (QED) is 0.600. The Bertz CT molecular complexity index is 967. The molecule has 176 valence electrons. The van der Waals surface area contributed by atoms with Crippen molar-refractivity contribution in [1.29, 1.82) is 0 Å². The Labute approximate surface area is 196 Å². The van der Waals surface area contributed by atoms with Crippen LogP contribution in [0.4, 0.5) is 4.79 Å². The van der Waals surface area contributed by atoms with Crippen molar-refractivity contribution in [2.75, 3.05) is 32.8 Å². The first-order valence-corrected chi connectivity index (χ1v) is 11.6. The van der Waals surface area contributed by atoms with Gasteiger partial charge in [-0.2, -0.15) is 0 Å². The molecule has 2 aromatic rings. The molecule has 1 aromatic carbocycles. The van der Waals surface area contributed by atoms with Crippen molar-refractivity contribution in [2.45, 2.75) is 26.4 Å². The molecule has 0 unspecified atom stereocenters. The van der Waals surface area contributed by atoms with Gasteiger partial charge in [-0.1, -0.05) is 18.2 Å². The van der Waals surface area contributed by atoms with Crippen LogP contribution in [0.1, 0.15) is 39.4 Å². The van der Waals surface area contributed by atoms with Gasteiger partial charge >= 0.3 is 12.0 Å². The zero-order valence-electron chi connectivity index (χ0n) is 18.7. The highest BCUT2D eigenvalue weighted by molar-refractivity contribution is 7.12. The van der Waals surface area contributed by atoms with Crippen LogP contribution < -0.4 is 10.6 Å². The van der Waals surface area contributed by atoms with Crippen molar-refractivity contribution in [2.24, 2.45) is 0 Å². The minimum atomic E-state index is -0.591. The normalized spacial score (nSPS) is 13.5. The Morgan fingerprint density at radius 1 is 1.00 bits per heavy atom. The smallest absolute Gasteiger partial charge is 0.338 e. The van der Waals surface area contributed by atoms with Gasteiger partial charge in [0.25, 0.3) is 11.8 Å². The monoisotopic (exact) mass is 472 g/mol. The van der Waals surface area contributed by atoms with E-state index in [9.17, 15) is 19.2 Å². The van der Waals surface area contributed by atoms with E-state index in [1.807, 2.05) is 25.3 Å². The molecule has 9 nitrogen and oxygen atoms in total. The van der Waals surface area contributed by atoms with Crippen molar-refractivity contribution in [3.05, 3.63) is 57.8 Å². The summed E-state index contributed by atoms with van der Waals surface area (Å²) in [7, 11) is 0. The molecule has 4 amide bonds. The number of nitrogens with zero attached hydrogens (tertiary/aromatic N) is 2. The summed E-state index contributed by atoms with van der Waals surface area (Å²) in [5.41, 5.74) is 1.15. The number of benzene rings is 1. The molecule has 0 atom stereocenters. The van der Waals surface area contributed by atoms with E-state index < -0.39 is 5.97 Å². The van der Waals surface area contributed by atoms with Gasteiger partial charge in [0.2, 0.25) is 0 Å². The van der Waals surface area contributed by atoms with Crippen molar-refractivity contribution < 1.29 is 23.9 Å². The number of hydrogen-bond acceptors (Lipinski definition) is 6. The fourth-order valence-electron chi connectivity index (χ4n) is 3.27. The molecule has 10 heteroatoms. The Hall–Kier alpha value is -3.40. The molecular weight excluding hydrogens is 444 g/mol. The van der Waals surface area contributed by atoms with E-state index in [1.54, 1.807) is 40.1 Å². The number of rotatable bonds is 7. The molecule has 2 heterocycles. The molecule has 2 N–H and O–H groups in total. The summed E-state index contributed by atoms with van der Waals surface area (Å²) >= 11 is 1.40. The SMILES string of the molecule is CC(C)NC(=O)NCc1ccc(C(=O)OCC(=O)N2CCN(C(=O)c3cccs3)CC2)cc1. The molecule has 0 bridgehead atoms. The minimum Gasteiger partial charge on any atom is -0.452 e. The summed E-state index contributed by atoms with van der Waals surface area (Å²) in [5.74, 6) is -0.904. The molecule has 3 rings (SSSR count). The second-order valence-electron chi connectivity index (χ2n) is 7.91. The van der Waals surface area contributed by atoms with Gasteiger partial charge in [-0.25, -0.2) is 9.59 Å². The molecule has 0 saturated carbocycles. The maximum Gasteiger partial charge on any atom is 0.338 e. The lowest BCUT2D eigenvalue weighted by molar-refractivity contribution is -0.136. The summed E-state index contributed by atoms with van der Waals surface area (Å²) in [6, 6.07) is 10.0. The molecular formula is C23H28N4O5S. The fourth-order valence-corrected chi connectivity index (χ4v) is 3.96.